The molecule has 126 valence electrons. The molecule has 0 aliphatic heterocycles. The van der Waals surface area contributed by atoms with Crippen LogP contribution in [0.15, 0.2) is 42.6 Å². The van der Waals surface area contributed by atoms with Gasteiger partial charge in [0.05, 0.1) is 5.69 Å². The number of carbonyl (C=O) groups excluding carboxylic acids is 2. The van der Waals surface area contributed by atoms with E-state index in [1.54, 1.807) is 18.2 Å². The van der Waals surface area contributed by atoms with E-state index >= 15 is 0 Å². The number of amides is 2. The summed E-state index contributed by atoms with van der Waals surface area (Å²) in [5, 5.41) is 5.35. The Morgan fingerprint density at radius 2 is 2.00 bits per heavy atom. The molecule has 0 unspecified atom stereocenters. The summed E-state index contributed by atoms with van der Waals surface area (Å²) in [6.07, 6.45) is 2.73. The van der Waals surface area contributed by atoms with Crippen LogP contribution in [0.3, 0.4) is 0 Å². The van der Waals surface area contributed by atoms with Crippen molar-refractivity contribution in [3.63, 3.8) is 0 Å². The molecule has 5 nitrogen and oxygen atoms in total. The molecule has 24 heavy (non-hydrogen) atoms. The third kappa shape index (κ3) is 5.15. The summed E-state index contributed by atoms with van der Waals surface area (Å²) < 4.78 is 13.2. The minimum absolute atomic E-state index is 0.175. The van der Waals surface area contributed by atoms with Crippen LogP contribution in [0.2, 0.25) is 0 Å². The van der Waals surface area contributed by atoms with E-state index in [-0.39, 0.29) is 23.5 Å². The van der Waals surface area contributed by atoms with Crippen molar-refractivity contribution in [3.05, 3.63) is 54.0 Å². The lowest BCUT2D eigenvalue weighted by molar-refractivity contribution is -0.119. The monoisotopic (exact) mass is 329 g/mol. The van der Waals surface area contributed by atoms with Gasteiger partial charge < -0.3 is 10.6 Å². The Balaban J connectivity index is 1.95. The number of halogens is 1. The zero-order chi connectivity index (χ0) is 17.5. The molecule has 1 atom stereocenters. The number of benzene rings is 1. The summed E-state index contributed by atoms with van der Waals surface area (Å²) in [5.41, 5.74) is 1.31. The average molecular weight is 329 g/mol. The number of hydrogen-bond donors (Lipinski definition) is 2. The number of aromatic nitrogens is 1. The maximum atomic E-state index is 13.2. The van der Waals surface area contributed by atoms with Crippen molar-refractivity contribution >= 4 is 23.3 Å². The first-order chi connectivity index (χ1) is 11.5. The molecular formula is C18H20FN3O2. The van der Waals surface area contributed by atoms with Crippen molar-refractivity contribution in [1.29, 1.82) is 0 Å². The molecule has 0 spiro atoms. The summed E-state index contributed by atoms with van der Waals surface area (Å²) in [7, 11) is 0. The summed E-state index contributed by atoms with van der Waals surface area (Å²) >= 11 is 0. The first-order valence-corrected chi connectivity index (χ1v) is 7.73. The van der Waals surface area contributed by atoms with E-state index in [2.05, 4.69) is 15.6 Å². The Labute approximate surface area is 140 Å². The van der Waals surface area contributed by atoms with Crippen LogP contribution < -0.4 is 10.6 Å². The highest BCUT2D eigenvalue weighted by Gasteiger charge is 2.15. The minimum atomic E-state index is -0.278. The van der Waals surface area contributed by atoms with E-state index in [9.17, 15) is 14.0 Å². The van der Waals surface area contributed by atoms with E-state index in [0.29, 0.717) is 24.3 Å². The zero-order valence-corrected chi connectivity index (χ0v) is 13.7. The fourth-order valence-electron chi connectivity index (χ4n) is 2.24. The number of rotatable bonds is 6. The summed E-state index contributed by atoms with van der Waals surface area (Å²) in [4.78, 5) is 27.5. The second-order valence-corrected chi connectivity index (χ2v) is 5.64. The number of hydrogen-bond acceptors (Lipinski definition) is 3. The Morgan fingerprint density at radius 1 is 1.21 bits per heavy atom. The van der Waals surface area contributed by atoms with E-state index < -0.39 is 0 Å². The van der Waals surface area contributed by atoms with Crippen LogP contribution in [0.5, 0.6) is 0 Å². The van der Waals surface area contributed by atoms with Gasteiger partial charge in [-0.1, -0.05) is 19.1 Å². The number of nitrogens with one attached hydrogen (secondary N) is 2. The molecule has 0 fully saturated rings. The van der Waals surface area contributed by atoms with Crippen molar-refractivity contribution < 1.29 is 14.0 Å². The van der Waals surface area contributed by atoms with E-state index in [4.69, 9.17) is 0 Å². The van der Waals surface area contributed by atoms with Gasteiger partial charge in [-0.15, -0.1) is 0 Å². The lowest BCUT2D eigenvalue weighted by atomic mass is 10.0. The molecule has 1 heterocycles. The smallest absolute Gasteiger partial charge is 0.227 e. The van der Waals surface area contributed by atoms with Gasteiger partial charge in [0, 0.05) is 19.0 Å². The predicted molar refractivity (Wildman–Crippen MR) is 91.1 cm³/mol. The standard InChI is InChI=1S/C18H20FN3O2/c1-12(8-9-14-5-3-6-15(19)11-14)18(24)22-16-7-4-10-20-17(16)21-13(2)23/h3-7,10-12H,8-9H2,1-2H3,(H,22,24)(H,20,21,23)/t12-/m1/s1. The largest absolute Gasteiger partial charge is 0.323 e. The van der Waals surface area contributed by atoms with Crippen LogP contribution in [-0.2, 0) is 16.0 Å². The SMILES string of the molecule is CC(=O)Nc1ncccc1NC(=O)[C@H](C)CCc1cccc(F)c1. The maximum Gasteiger partial charge on any atom is 0.227 e. The first kappa shape index (κ1) is 17.6. The van der Waals surface area contributed by atoms with Gasteiger partial charge in [-0.2, -0.15) is 0 Å². The number of aryl methyl sites for hydroxylation is 1. The van der Waals surface area contributed by atoms with Gasteiger partial charge in [-0.25, -0.2) is 9.37 Å². The Kier molecular flexibility index (Phi) is 6.01. The normalized spacial score (nSPS) is 11.6. The molecule has 2 amide bonds. The van der Waals surface area contributed by atoms with E-state index in [1.807, 2.05) is 13.0 Å². The second-order valence-electron chi connectivity index (χ2n) is 5.64. The molecule has 0 aliphatic carbocycles. The van der Waals surface area contributed by atoms with Gasteiger partial charge in [-0.05, 0) is 42.7 Å². The third-order valence-corrected chi connectivity index (χ3v) is 3.56. The van der Waals surface area contributed by atoms with E-state index in [1.165, 1.54) is 25.3 Å². The Morgan fingerprint density at radius 3 is 2.71 bits per heavy atom. The summed E-state index contributed by atoms with van der Waals surface area (Å²) in [6.45, 7) is 3.19. The number of anilines is 2. The maximum absolute atomic E-state index is 13.2. The molecule has 2 aromatic rings. The highest BCUT2D eigenvalue weighted by molar-refractivity contribution is 5.98. The molecule has 0 radical (unpaired) electrons. The van der Waals surface area contributed by atoms with Crippen LogP contribution in [-0.4, -0.2) is 16.8 Å². The van der Waals surface area contributed by atoms with E-state index in [0.717, 1.165) is 5.56 Å². The third-order valence-electron chi connectivity index (χ3n) is 3.56. The second kappa shape index (κ2) is 8.19. The molecule has 0 bridgehead atoms. The summed E-state index contributed by atoms with van der Waals surface area (Å²) in [6, 6.07) is 9.72. The lowest BCUT2D eigenvalue weighted by Crippen LogP contribution is -2.22. The minimum Gasteiger partial charge on any atom is -0.323 e. The van der Waals surface area contributed by atoms with Crippen LogP contribution in [0.25, 0.3) is 0 Å². The van der Waals surface area contributed by atoms with Crippen molar-refractivity contribution in [3.8, 4) is 0 Å². The highest BCUT2D eigenvalue weighted by Crippen LogP contribution is 2.20. The fraction of sp³-hybridized carbons (Fsp3) is 0.278. The number of nitrogens with zero attached hydrogens (tertiary/aromatic N) is 1. The summed E-state index contributed by atoms with van der Waals surface area (Å²) in [5.74, 6) is -0.663. The molecule has 1 aromatic heterocycles. The predicted octanol–water partition coefficient (Wildman–Crippen LogP) is 3.39. The van der Waals surface area contributed by atoms with Crippen molar-refractivity contribution in [2.24, 2.45) is 5.92 Å². The first-order valence-electron chi connectivity index (χ1n) is 7.73. The van der Waals surface area contributed by atoms with Crippen LogP contribution >= 0.6 is 0 Å². The van der Waals surface area contributed by atoms with Gasteiger partial charge in [-0.3, -0.25) is 9.59 Å². The molecule has 2 N–H and O–H groups in total. The zero-order valence-electron chi connectivity index (χ0n) is 13.7. The Bertz CT molecular complexity index is 734. The average Bonchev–Trinajstić information content (AvgIpc) is 2.54. The van der Waals surface area contributed by atoms with Gasteiger partial charge in [0.25, 0.3) is 0 Å². The molecule has 0 aliphatic rings. The van der Waals surface area contributed by atoms with Gasteiger partial charge in [0.2, 0.25) is 11.8 Å². The number of pyridine rings is 1. The topological polar surface area (TPSA) is 71.1 Å². The Hall–Kier alpha value is -2.76. The molecule has 1 aromatic carbocycles. The number of carbonyl (C=O) groups is 2. The van der Waals surface area contributed by atoms with Crippen molar-refractivity contribution in [2.45, 2.75) is 26.7 Å². The molecule has 2 rings (SSSR count). The van der Waals surface area contributed by atoms with Gasteiger partial charge >= 0.3 is 0 Å². The molecular weight excluding hydrogens is 309 g/mol. The van der Waals surface area contributed by atoms with Crippen LogP contribution in [0.4, 0.5) is 15.9 Å². The lowest BCUT2D eigenvalue weighted by Gasteiger charge is -2.14. The van der Waals surface area contributed by atoms with Crippen molar-refractivity contribution in [2.75, 3.05) is 10.6 Å². The van der Waals surface area contributed by atoms with Crippen molar-refractivity contribution in [1.82, 2.24) is 4.98 Å². The quantitative estimate of drug-likeness (QED) is 0.853. The van der Waals surface area contributed by atoms with Crippen LogP contribution in [0, 0.1) is 11.7 Å². The highest BCUT2D eigenvalue weighted by atomic mass is 19.1. The molecule has 0 saturated heterocycles. The van der Waals surface area contributed by atoms with Gasteiger partial charge in [0.15, 0.2) is 5.82 Å². The van der Waals surface area contributed by atoms with Crippen LogP contribution in [0.1, 0.15) is 25.8 Å². The van der Waals surface area contributed by atoms with Gasteiger partial charge in [0.1, 0.15) is 5.82 Å². The fourth-order valence-corrected chi connectivity index (χ4v) is 2.24. The molecule has 0 saturated carbocycles. The molecule has 6 heteroatoms.